The number of nitrogens with zero attached hydrogens (tertiary/aromatic N) is 2. The molecule has 124 valence electrons. The van der Waals surface area contributed by atoms with Gasteiger partial charge in [0.1, 0.15) is 5.69 Å². The fourth-order valence-electron chi connectivity index (χ4n) is 3.43. The molecule has 0 aliphatic heterocycles. The zero-order chi connectivity index (χ0) is 16.7. The second kappa shape index (κ2) is 5.90. The van der Waals surface area contributed by atoms with Crippen molar-refractivity contribution in [3.63, 3.8) is 0 Å². The van der Waals surface area contributed by atoms with Crippen LogP contribution in [0.3, 0.4) is 0 Å². The maximum atomic E-state index is 12.4. The Morgan fingerprint density at radius 1 is 1.42 bits per heavy atom. The molecular weight excluding hydrogens is 324 g/mol. The highest BCUT2D eigenvalue weighted by molar-refractivity contribution is 7.12. The summed E-state index contributed by atoms with van der Waals surface area (Å²) in [4.78, 5) is 27.6. The number of hydrogen-bond donors (Lipinski definition) is 2. The van der Waals surface area contributed by atoms with Gasteiger partial charge in [-0.15, -0.1) is 11.3 Å². The summed E-state index contributed by atoms with van der Waals surface area (Å²) in [5.41, 5.74) is 2.20. The predicted octanol–water partition coefficient (Wildman–Crippen LogP) is 2.93. The van der Waals surface area contributed by atoms with E-state index < -0.39 is 0 Å². The smallest absolute Gasteiger partial charge is 0.261 e. The van der Waals surface area contributed by atoms with Crippen LogP contribution in [0.2, 0.25) is 0 Å². The number of aromatic nitrogens is 3. The van der Waals surface area contributed by atoms with Crippen molar-refractivity contribution in [2.75, 3.05) is 7.05 Å². The summed E-state index contributed by atoms with van der Waals surface area (Å²) in [6.07, 6.45) is 6.26. The van der Waals surface area contributed by atoms with Crippen molar-refractivity contribution in [3.05, 3.63) is 38.9 Å². The Bertz CT molecular complexity index is 963. The quantitative estimate of drug-likeness (QED) is 0.768. The van der Waals surface area contributed by atoms with E-state index in [1.165, 1.54) is 24.2 Å². The number of amides is 1. The topological polar surface area (TPSA) is 79.8 Å². The number of hydrogen-bond acceptors (Lipinski definition) is 4. The maximum Gasteiger partial charge on any atom is 0.261 e. The third-order valence-corrected chi connectivity index (χ3v) is 5.55. The van der Waals surface area contributed by atoms with Gasteiger partial charge in [-0.2, -0.15) is 5.10 Å². The standard InChI is InChI=1S/C17H18N4O2S/c1-18-16(22)13-8-10(9-24-13)15-14-12(6-7-19-17(14)23)21(20-15)11-4-2-3-5-11/h6-9,11H,2-5H2,1H3,(H,18,22)(H,19,23). The van der Waals surface area contributed by atoms with Gasteiger partial charge < -0.3 is 10.3 Å². The van der Waals surface area contributed by atoms with Crippen LogP contribution in [-0.4, -0.2) is 27.7 Å². The number of thiophene rings is 1. The molecule has 0 unspecified atom stereocenters. The van der Waals surface area contributed by atoms with E-state index in [0.29, 0.717) is 22.0 Å². The minimum Gasteiger partial charge on any atom is -0.354 e. The van der Waals surface area contributed by atoms with Gasteiger partial charge in [-0.25, -0.2) is 0 Å². The molecule has 3 heterocycles. The van der Waals surface area contributed by atoms with Gasteiger partial charge in [0.2, 0.25) is 0 Å². The number of H-pyrrole nitrogens is 1. The molecule has 0 aromatic carbocycles. The normalized spacial score (nSPS) is 15.2. The summed E-state index contributed by atoms with van der Waals surface area (Å²) in [7, 11) is 1.61. The molecule has 7 heteroatoms. The summed E-state index contributed by atoms with van der Waals surface area (Å²) in [6, 6.07) is 4.06. The molecule has 0 spiro atoms. The van der Waals surface area contributed by atoms with Crippen LogP contribution in [0.25, 0.3) is 22.2 Å². The largest absolute Gasteiger partial charge is 0.354 e. The molecule has 0 radical (unpaired) electrons. The lowest BCUT2D eigenvalue weighted by Crippen LogP contribution is -2.16. The van der Waals surface area contributed by atoms with E-state index in [1.54, 1.807) is 19.3 Å². The van der Waals surface area contributed by atoms with Crippen LogP contribution in [-0.2, 0) is 0 Å². The third-order valence-electron chi connectivity index (χ3n) is 4.62. The Morgan fingerprint density at radius 3 is 2.96 bits per heavy atom. The lowest BCUT2D eigenvalue weighted by Gasteiger charge is -2.10. The van der Waals surface area contributed by atoms with Gasteiger partial charge in [-0.3, -0.25) is 14.3 Å². The monoisotopic (exact) mass is 342 g/mol. The SMILES string of the molecule is CNC(=O)c1cc(-c2nn(C3CCCC3)c3cc[nH]c(=O)c23)cs1. The molecule has 3 aromatic heterocycles. The molecule has 2 N–H and O–H groups in total. The van der Waals surface area contributed by atoms with Crippen LogP contribution < -0.4 is 10.9 Å². The number of carbonyl (C=O) groups excluding carboxylic acids is 1. The first-order valence-electron chi connectivity index (χ1n) is 8.10. The summed E-state index contributed by atoms with van der Waals surface area (Å²) in [6.45, 7) is 0. The van der Waals surface area contributed by atoms with E-state index in [2.05, 4.69) is 10.3 Å². The van der Waals surface area contributed by atoms with Gasteiger partial charge in [-0.1, -0.05) is 12.8 Å². The van der Waals surface area contributed by atoms with Crippen LogP contribution in [0.1, 0.15) is 41.4 Å². The van der Waals surface area contributed by atoms with Gasteiger partial charge in [0, 0.05) is 24.2 Å². The number of nitrogens with one attached hydrogen (secondary N) is 2. The molecule has 0 saturated heterocycles. The van der Waals surface area contributed by atoms with Gasteiger partial charge in [0.15, 0.2) is 0 Å². The van der Waals surface area contributed by atoms with Crippen molar-refractivity contribution in [1.82, 2.24) is 20.1 Å². The molecule has 1 fully saturated rings. The number of fused-ring (bicyclic) bond motifs is 1. The van der Waals surface area contributed by atoms with Crippen LogP contribution in [0.5, 0.6) is 0 Å². The molecule has 1 saturated carbocycles. The Balaban J connectivity index is 1.90. The zero-order valence-corrected chi connectivity index (χ0v) is 14.2. The van der Waals surface area contributed by atoms with Crippen molar-refractivity contribution < 1.29 is 4.79 Å². The molecule has 1 aliphatic carbocycles. The van der Waals surface area contributed by atoms with Crippen molar-refractivity contribution in [2.45, 2.75) is 31.7 Å². The molecule has 0 bridgehead atoms. The molecular formula is C17H18N4O2S. The van der Waals surface area contributed by atoms with Gasteiger partial charge in [0.25, 0.3) is 11.5 Å². The fraction of sp³-hybridized carbons (Fsp3) is 0.353. The van der Waals surface area contributed by atoms with Crippen molar-refractivity contribution in [3.8, 4) is 11.3 Å². The van der Waals surface area contributed by atoms with Gasteiger partial charge in [0.05, 0.1) is 21.8 Å². The average Bonchev–Trinajstić information content (AvgIpc) is 3.32. The van der Waals surface area contributed by atoms with Crippen molar-refractivity contribution >= 4 is 28.1 Å². The Morgan fingerprint density at radius 2 is 2.21 bits per heavy atom. The van der Waals surface area contributed by atoms with Crippen molar-refractivity contribution in [2.24, 2.45) is 0 Å². The number of aromatic amines is 1. The number of pyridine rings is 1. The fourth-order valence-corrected chi connectivity index (χ4v) is 4.27. The Kier molecular flexibility index (Phi) is 3.72. The second-order valence-electron chi connectivity index (χ2n) is 6.08. The average molecular weight is 342 g/mol. The highest BCUT2D eigenvalue weighted by atomic mass is 32.1. The van der Waals surface area contributed by atoms with E-state index in [0.717, 1.165) is 23.9 Å². The van der Waals surface area contributed by atoms with E-state index in [9.17, 15) is 9.59 Å². The lowest BCUT2D eigenvalue weighted by molar-refractivity contribution is 0.0967. The number of rotatable bonds is 3. The summed E-state index contributed by atoms with van der Waals surface area (Å²) >= 11 is 1.36. The van der Waals surface area contributed by atoms with Gasteiger partial charge >= 0.3 is 0 Å². The van der Waals surface area contributed by atoms with Crippen LogP contribution in [0.4, 0.5) is 0 Å². The van der Waals surface area contributed by atoms with E-state index >= 15 is 0 Å². The van der Waals surface area contributed by atoms with Crippen LogP contribution >= 0.6 is 11.3 Å². The molecule has 6 nitrogen and oxygen atoms in total. The molecule has 4 rings (SSSR count). The maximum absolute atomic E-state index is 12.4. The molecule has 3 aromatic rings. The van der Waals surface area contributed by atoms with Crippen LogP contribution in [0.15, 0.2) is 28.5 Å². The first-order chi connectivity index (χ1) is 11.7. The summed E-state index contributed by atoms with van der Waals surface area (Å²) in [5, 5.41) is 9.88. The molecule has 24 heavy (non-hydrogen) atoms. The van der Waals surface area contributed by atoms with Crippen LogP contribution in [0, 0.1) is 0 Å². The zero-order valence-electron chi connectivity index (χ0n) is 13.3. The third kappa shape index (κ3) is 2.36. The Labute approximate surface area is 142 Å². The lowest BCUT2D eigenvalue weighted by atomic mass is 10.1. The van der Waals surface area contributed by atoms with E-state index in [4.69, 9.17) is 5.10 Å². The predicted molar refractivity (Wildman–Crippen MR) is 94.6 cm³/mol. The Hall–Kier alpha value is -2.41. The minimum atomic E-state index is -0.139. The van der Waals surface area contributed by atoms with Crippen molar-refractivity contribution in [1.29, 1.82) is 0 Å². The second-order valence-corrected chi connectivity index (χ2v) is 6.99. The summed E-state index contributed by atoms with van der Waals surface area (Å²) in [5.74, 6) is -0.125. The molecule has 1 amide bonds. The first kappa shape index (κ1) is 15.1. The highest BCUT2D eigenvalue weighted by Gasteiger charge is 2.24. The molecule has 0 atom stereocenters. The van der Waals surface area contributed by atoms with Gasteiger partial charge in [-0.05, 0) is 25.0 Å². The van der Waals surface area contributed by atoms with E-state index in [1.807, 2.05) is 16.1 Å². The first-order valence-corrected chi connectivity index (χ1v) is 8.98. The highest BCUT2D eigenvalue weighted by Crippen LogP contribution is 2.35. The van der Waals surface area contributed by atoms with E-state index in [-0.39, 0.29) is 11.5 Å². The molecule has 1 aliphatic rings. The minimum absolute atomic E-state index is 0.125. The summed E-state index contributed by atoms with van der Waals surface area (Å²) < 4.78 is 2.00. The number of carbonyl (C=O) groups is 1.